The number of likely N-dealkylation sites (N-methyl/N-ethyl adjacent to an activating group) is 1. The molecule has 2 rings (SSSR count). The van der Waals surface area contributed by atoms with Gasteiger partial charge in [-0.05, 0) is 43.3 Å². The van der Waals surface area contributed by atoms with Crippen molar-refractivity contribution in [1.29, 1.82) is 0 Å². The van der Waals surface area contributed by atoms with Gasteiger partial charge in [-0.15, -0.1) is 0 Å². The Bertz CT molecular complexity index is 869. The Balaban J connectivity index is 2.24. The molecule has 0 bridgehead atoms. The summed E-state index contributed by atoms with van der Waals surface area (Å²) in [6, 6.07) is 9.79. The van der Waals surface area contributed by atoms with Gasteiger partial charge in [0.15, 0.2) is 0 Å². The molecule has 0 radical (unpaired) electrons. The predicted octanol–water partition coefficient (Wildman–Crippen LogP) is 2.32. The van der Waals surface area contributed by atoms with Crippen molar-refractivity contribution in [3.8, 4) is 0 Å². The van der Waals surface area contributed by atoms with Crippen molar-refractivity contribution in [3.05, 3.63) is 64.0 Å². The van der Waals surface area contributed by atoms with E-state index in [9.17, 15) is 22.9 Å². The van der Waals surface area contributed by atoms with E-state index in [1.807, 2.05) is 0 Å². The van der Waals surface area contributed by atoms with E-state index in [1.54, 1.807) is 24.1 Å². The molecule has 0 aliphatic carbocycles. The quantitative estimate of drug-likeness (QED) is 0.599. The molecular weight excluding hydrogens is 349 g/mol. The Morgan fingerprint density at radius 3 is 2.40 bits per heavy atom. The Morgan fingerprint density at radius 2 is 1.84 bits per heavy atom. The average molecular weight is 367 g/mol. The van der Waals surface area contributed by atoms with Crippen molar-refractivity contribution in [2.75, 3.05) is 25.5 Å². The highest BCUT2D eigenvalue weighted by Gasteiger charge is 2.22. The maximum absolute atomic E-state index is 12.9. The summed E-state index contributed by atoms with van der Waals surface area (Å²) < 4.78 is 38.7. The molecule has 0 atom stereocenters. The Kier molecular flexibility index (Phi) is 5.70. The number of nitro groups is 1. The topological polar surface area (TPSA) is 92.6 Å². The van der Waals surface area contributed by atoms with Gasteiger partial charge >= 0.3 is 0 Å². The predicted molar refractivity (Wildman–Crippen MR) is 92.7 cm³/mol. The van der Waals surface area contributed by atoms with E-state index in [0.29, 0.717) is 18.7 Å². The lowest BCUT2D eigenvalue weighted by Gasteiger charge is -2.19. The summed E-state index contributed by atoms with van der Waals surface area (Å²) in [4.78, 5) is 12.2. The molecule has 0 spiro atoms. The number of hydrogen-bond donors (Lipinski definition) is 1. The maximum Gasteiger partial charge on any atom is 0.293 e. The average Bonchev–Trinajstić information content (AvgIpc) is 2.60. The van der Waals surface area contributed by atoms with Gasteiger partial charge in [0.2, 0.25) is 10.0 Å². The molecule has 9 heteroatoms. The van der Waals surface area contributed by atoms with E-state index in [1.165, 1.54) is 31.3 Å². The molecule has 1 N–H and O–H groups in total. The normalized spacial score (nSPS) is 11.3. The van der Waals surface area contributed by atoms with Crippen LogP contribution >= 0.6 is 0 Å². The van der Waals surface area contributed by atoms with Gasteiger partial charge in [0, 0.05) is 19.7 Å². The summed E-state index contributed by atoms with van der Waals surface area (Å²) in [5.41, 5.74) is 0.908. The van der Waals surface area contributed by atoms with Crippen LogP contribution < -0.4 is 9.62 Å². The first-order valence-corrected chi connectivity index (χ1v) is 8.90. The number of rotatable bonds is 7. The lowest BCUT2D eigenvalue weighted by atomic mass is 10.1. The van der Waals surface area contributed by atoms with E-state index >= 15 is 0 Å². The molecule has 0 amide bonds. The monoisotopic (exact) mass is 367 g/mol. The van der Waals surface area contributed by atoms with Gasteiger partial charge in [-0.1, -0.05) is 12.1 Å². The van der Waals surface area contributed by atoms with Crippen molar-refractivity contribution in [3.63, 3.8) is 0 Å². The molecule has 25 heavy (non-hydrogen) atoms. The van der Waals surface area contributed by atoms with E-state index in [4.69, 9.17) is 0 Å². The zero-order valence-electron chi connectivity index (χ0n) is 13.8. The van der Waals surface area contributed by atoms with Gasteiger partial charge in [-0.25, -0.2) is 17.5 Å². The summed E-state index contributed by atoms with van der Waals surface area (Å²) in [5.74, 6) is -0.325. The lowest BCUT2D eigenvalue weighted by Crippen LogP contribution is -2.22. The fourth-order valence-electron chi connectivity index (χ4n) is 2.33. The van der Waals surface area contributed by atoms with E-state index in [0.717, 1.165) is 11.6 Å². The SMILES string of the molecule is CNS(=O)(=O)c1ccc(N(C)CCc2ccc(F)cc2)c([N+](=O)[O-])c1. The number of nitro benzene ring substituents is 1. The van der Waals surface area contributed by atoms with Crippen molar-refractivity contribution in [1.82, 2.24) is 4.72 Å². The Hall–Kier alpha value is -2.52. The van der Waals surface area contributed by atoms with E-state index in [2.05, 4.69) is 4.72 Å². The lowest BCUT2D eigenvalue weighted by molar-refractivity contribution is -0.384. The summed E-state index contributed by atoms with van der Waals surface area (Å²) in [7, 11) is -0.846. The van der Waals surface area contributed by atoms with Crippen LogP contribution in [0.5, 0.6) is 0 Å². The molecule has 0 aliphatic rings. The molecule has 0 fully saturated rings. The second kappa shape index (κ2) is 7.58. The fourth-order valence-corrected chi connectivity index (χ4v) is 3.08. The molecular formula is C16H18FN3O4S. The third kappa shape index (κ3) is 4.52. The number of hydrogen-bond acceptors (Lipinski definition) is 5. The zero-order valence-corrected chi connectivity index (χ0v) is 14.6. The molecule has 0 saturated heterocycles. The van der Waals surface area contributed by atoms with E-state index < -0.39 is 14.9 Å². The van der Waals surface area contributed by atoms with Crippen LogP contribution in [0.1, 0.15) is 5.56 Å². The first-order valence-electron chi connectivity index (χ1n) is 7.42. The number of benzene rings is 2. The van der Waals surface area contributed by atoms with Crippen molar-refractivity contribution in [2.24, 2.45) is 0 Å². The number of anilines is 1. The second-order valence-electron chi connectivity index (χ2n) is 5.41. The van der Waals surface area contributed by atoms with Crippen LogP contribution in [-0.4, -0.2) is 34.0 Å². The molecule has 7 nitrogen and oxygen atoms in total. The van der Waals surface area contributed by atoms with Crippen molar-refractivity contribution >= 4 is 21.4 Å². The third-order valence-electron chi connectivity index (χ3n) is 3.78. The zero-order chi connectivity index (χ0) is 18.6. The van der Waals surface area contributed by atoms with Crippen LogP contribution in [-0.2, 0) is 16.4 Å². The van der Waals surface area contributed by atoms with Crippen LogP contribution in [0.3, 0.4) is 0 Å². The van der Waals surface area contributed by atoms with Gasteiger partial charge in [0.1, 0.15) is 11.5 Å². The highest BCUT2D eigenvalue weighted by molar-refractivity contribution is 7.89. The minimum Gasteiger partial charge on any atom is -0.369 e. The molecule has 134 valence electrons. The standard InChI is InChI=1S/C16H18FN3O4S/c1-18-25(23,24)14-7-8-15(16(11-14)20(21)22)19(2)10-9-12-3-5-13(17)6-4-12/h3-8,11,18H,9-10H2,1-2H3. The molecule has 0 unspecified atom stereocenters. The first-order chi connectivity index (χ1) is 11.7. The smallest absolute Gasteiger partial charge is 0.293 e. The number of halogens is 1. The minimum absolute atomic E-state index is 0.169. The fraction of sp³-hybridized carbons (Fsp3) is 0.250. The highest BCUT2D eigenvalue weighted by atomic mass is 32.2. The first kappa shape index (κ1) is 18.8. The Morgan fingerprint density at radius 1 is 1.20 bits per heavy atom. The van der Waals surface area contributed by atoms with Crippen LogP contribution in [0.2, 0.25) is 0 Å². The summed E-state index contributed by atoms with van der Waals surface area (Å²) >= 11 is 0. The summed E-state index contributed by atoms with van der Waals surface area (Å²) in [5, 5.41) is 11.3. The molecule has 0 aromatic heterocycles. The van der Waals surface area contributed by atoms with Crippen molar-refractivity contribution < 1.29 is 17.7 Å². The van der Waals surface area contributed by atoms with Gasteiger partial charge in [0.05, 0.1) is 9.82 Å². The number of nitrogens with one attached hydrogen (secondary N) is 1. The van der Waals surface area contributed by atoms with Crippen LogP contribution in [0.25, 0.3) is 0 Å². The largest absolute Gasteiger partial charge is 0.369 e. The Labute approximate surface area is 145 Å². The molecule has 0 aliphatic heterocycles. The molecule has 2 aromatic carbocycles. The van der Waals surface area contributed by atoms with Gasteiger partial charge in [0.25, 0.3) is 5.69 Å². The second-order valence-corrected chi connectivity index (χ2v) is 7.30. The van der Waals surface area contributed by atoms with Crippen molar-refractivity contribution in [2.45, 2.75) is 11.3 Å². The van der Waals surface area contributed by atoms with Gasteiger partial charge < -0.3 is 4.90 Å². The van der Waals surface area contributed by atoms with Gasteiger partial charge in [-0.3, -0.25) is 10.1 Å². The summed E-state index contributed by atoms with van der Waals surface area (Å²) in [6.45, 7) is 0.449. The maximum atomic E-state index is 12.9. The van der Waals surface area contributed by atoms with Crippen LogP contribution in [0, 0.1) is 15.9 Å². The van der Waals surface area contributed by atoms with Gasteiger partial charge in [-0.2, -0.15) is 0 Å². The van der Waals surface area contributed by atoms with E-state index in [-0.39, 0.29) is 16.4 Å². The molecule has 2 aromatic rings. The number of nitrogens with zero attached hydrogens (tertiary/aromatic N) is 2. The molecule has 0 heterocycles. The highest BCUT2D eigenvalue weighted by Crippen LogP contribution is 2.30. The van der Waals surface area contributed by atoms with Crippen LogP contribution in [0.15, 0.2) is 47.4 Å². The molecule has 0 saturated carbocycles. The minimum atomic E-state index is -3.76. The third-order valence-corrected chi connectivity index (χ3v) is 5.19. The summed E-state index contributed by atoms with van der Waals surface area (Å²) in [6.07, 6.45) is 0.560. The van der Waals surface area contributed by atoms with Crippen LogP contribution in [0.4, 0.5) is 15.8 Å². The number of sulfonamides is 1.